The number of Topliss-reactive ketones (excluding diaryl/α,β-unsaturated/α-hetero) is 1. The van der Waals surface area contributed by atoms with Gasteiger partial charge in [-0.1, -0.05) is 36.4 Å². The summed E-state index contributed by atoms with van der Waals surface area (Å²) < 4.78 is 24.1. The average Bonchev–Trinajstić information content (AvgIpc) is 2.46. The SMILES string of the molecule is CC(=O)c1cccc(C=CS(=O)(=O)c2ccccc2)c1. The third-order valence-corrected chi connectivity index (χ3v) is 4.23. The number of sulfone groups is 1. The minimum Gasteiger partial charge on any atom is -0.295 e. The van der Waals surface area contributed by atoms with E-state index in [4.69, 9.17) is 0 Å². The van der Waals surface area contributed by atoms with Gasteiger partial charge in [0.15, 0.2) is 15.6 Å². The zero-order valence-electron chi connectivity index (χ0n) is 11.0. The molecule has 0 saturated carbocycles. The second-order valence-electron chi connectivity index (χ2n) is 4.34. The zero-order valence-corrected chi connectivity index (χ0v) is 11.8. The number of carbonyl (C=O) groups is 1. The van der Waals surface area contributed by atoms with Gasteiger partial charge >= 0.3 is 0 Å². The summed E-state index contributed by atoms with van der Waals surface area (Å²) in [6.07, 6.45) is 1.49. The number of rotatable bonds is 4. The van der Waals surface area contributed by atoms with Crippen molar-refractivity contribution in [1.82, 2.24) is 0 Å². The molecule has 2 rings (SSSR count). The first-order chi connectivity index (χ1) is 9.49. The van der Waals surface area contributed by atoms with E-state index in [9.17, 15) is 13.2 Å². The van der Waals surface area contributed by atoms with E-state index in [0.29, 0.717) is 11.1 Å². The molecule has 2 aromatic carbocycles. The highest BCUT2D eigenvalue weighted by atomic mass is 32.2. The fraction of sp³-hybridized carbons (Fsp3) is 0.0625. The Labute approximate surface area is 118 Å². The lowest BCUT2D eigenvalue weighted by molar-refractivity contribution is 0.101. The van der Waals surface area contributed by atoms with Gasteiger partial charge in [0.2, 0.25) is 0 Å². The van der Waals surface area contributed by atoms with Crippen molar-refractivity contribution in [1.29, 1.82) is 0 Å². The van der Waals surface area contributed by atoms with Gasteiger partial charge < -0.3 is 0 Å². The molecule has 0 N–H and O–H groups in total. The van der Waals surface area contributed by atoms with E-state index >= 15 is 0 Å². The average molecular weight is 286 g/mol. The quantitative estimate of drug-likeness (QED) is 0.810. The number of benzene rings is 2. The van der Waals surface area contributed by atoms with Crippen LogP contribution in [0.2, 0.25) is 0 Å². The van der Waals surface area contributed by atoms with Crippen molar-refractivity contribution in [2.24, 2.45) is 0 Å². The van der Waals surface area contributed by atoms with Crippen LogP contribution < -0.4 is 0 Å². The number of ketones is 1. The molecule has 0 aliphatic carbocycles. The van der Waals surface area contributed by atoms with Gasteiger partial charge in [0, 0.05) is 11.0 Å². The van der Waals surface area contributed by atoms with Crippen LogP contribution >= 0.6 is 0 Å². The van der Waals surface area contributed by atoms with Crippen LogP contribution in [0.3, 0.4) is 0 Å². The molecule has 0 bridgehead atoms. The first-order valence-corrected chi connectivity index (χ1v) is 7.63. The van der Waals surface area contributed by atoms with E-state index in [2.05, 4.69) is 0 Å². The van der Waals surface area contributed by atoms with E-state index in [1.54, 1.807) is 54.6 Å². The van der Waals surface area contributed by atoms with Crippen LogP contribution in [0, 0.1) is 0 Å². The van der Waals surface area contributed by atoms with Crippen molar-refractivity contribution >= 4 is 21.7 Å². The standard InChI is InChI=1S/C16H14O3S/c1-13(17)15-7-5-6-14(12-15)10-11-20(18,19)16-8-3-2-4-9-16/h2-12H,1H3. The van der Waals surface area contributed by atoms with Gasteiger partial charge in [0.05, 0.1) is 4.90 Å². The predicted octanol–water partition coefficient (Wildman–Crippen LogP) is 3.33. The topological polar surface area (TPSA) is 51.2 Å². The summed E-state index contributed by atoms with van der Waals surface area (Å²) in [7, 11) is -3.46. The molecule has 20 heavy (non-hydrogen) atoms. The van der Waals surface area contributed by atoms with Gasteiger partial charge in [-0.15, -0.1) is 0 Å². The summed E-state index contributed by atoms with van der Waals surface area (Å²) in [6.45, 7) is 1.48. The highest BCUT2D eigenvalue weighted by Crippen LogP contribution is 2.14. The Hall–Kier alpha value is -2.20. The summed E-state index contributed by atoms with van der Waals surface area (Å²) in [5, 5.41) is 1.15. The molecule has 3 nitrogen and oxygen atoms in total. The van der Waals surface area contributed by atoms with Crippen molar-refractivity contribution in [3.63, 3.8) is 0 Å². The fourth-order valence-corrected chi connectivity index (χ4v) is 2.75. The molecular formula is C16H14O3S. The number of hydrogen-bond acceptors (Lipinski definition) is 3. The molecule has 4 heteroatoms. The molecule has 0 heterocycles. The van der Waals surface area contributed by atoms with E-state index in [-0.39, 0.29) is 10.7 Å². The number of carbonyl (C=O) groups excluding carboxylic acids is 1. The molecule has 0 spiro atoms. The molecule has 0 aromatic heterocycles. The van der Waals surface area contributed by atoms with Crippen molar-refractivity contribution in [2.45, 2.75) is 11.8 Å². The van der Waals surface area contributed by atoms with Crippen molar-refractivity contribution in [3.8, 4) is 0 Å². The molecule has 0 atom stereocenters. The maximum Gasteiger partial charge on any atom is 0.199 e. The Morgan fingerprint density at radius 1 is 1.00 bits per heavy atom. The van der Waals surface area contributed by atoms with E-state index in [0.717, 1.165) is 5.41 Å². The van der Waals surface area contributed by atoms with Crippen molar-refractivity contribution < 1.29 is 13.2 Å². The molecule has 102 valence electrons. The van der Waals surface area contributed by atoms with Crippen LogP contribution in [0.4, 0.5) is 0 Å². The third-order valence-electron chi connectivity index (χ3n) is 2.80. The maximum absolute atomic E-state index is 12.1. The Bertz CT molecular complexity index is 744. The second-order valence-corrected chi connectivity index (χ2v) is 6.18. The van der Waals surface area contributed by atoms with Gasteiger partial charge in [-0.25, -0.2) is 8.42 Å². The van der Waals surface area contributed by atoms with Crippen LogP contribution in [-0.4, -0.2) is 14.2 Å². The minimum absolute atomic E-state index is 0.0498. The van der Waals surface area contributed by atoms with E-state index in [1.807, 2.05) is 0 Å². The summed E-state index contributed by atoms with van der Waals surface area (Å²) in [6, 6.07) is 15.1. The smallest absolute Gasteiger partial charge is 0.199 e. The minimum atomic E-state index is -3.46. The van der Waals surface area contributed by atoms with Gasteiger partial charge in [0.1, 0.15) is 0 Å². The lowest BCUT2D eigenvalue weighted by Crippen LogP contribution is -1.95. The molecule has 0 saturated heterocycles. The maximum atomic E-state index is 12.1. The van der Waals surface area contributed by atoms with Crippen LogP contribution in [0.15, 0.2) is 64.9 Å². The van der Waals surface area contributed by atoms with Crippen molar-refractivity contribution in [2.75, 3.05) is 0 Å². The van der Waals surface area contributed by atoms with Crippen LogP contribution in [-0.2, 0) is 9.84 Å². The Morgan fingerprint density at radius 2 is 1.70 bits per heavy atom. The van der Waals surface area contributed by atoms with Gasteiger partial charge in [-0.05, 0) is 36.8 Å². The lowest BCUT2D eigenvalue weighted by Gasteiger charge is -1.99. The van der Waals surface area contributed by atoms with Crippen LogP contribution in [0.1, 0.15) is 22.8 Å². The van der Waals surface area contributed by atoms with Gasteiger partial charge in [-0.2, -0.15) is 0 Å². The first-order valence-electron chi connectivity index (χ1n) is 6.08. The summed E-state index contributed by atoms with van der Waals surface area (Å²) in [5.74, 6) is -0.0498. The Kier molecular flexibility index (Phi) is 4.15. The highest BCUT2D eigenvalue weighted by molar-refractivity contribution is 7.94. The molecule has 0 aliphatic rings. The first kappa shape index (κ1) is 14.2. The molecule has 0 radical (unpaired) electrons. The molecular weight excluding hydrogens is 272 g/mol. The molecule has 0 unspecified atom stereocenters. The third kappa shape index (κ3) is 3.42. The number of hydrogen-bond donors (Lipinski definition) is 0. The van der Waals surface area contributed by atoms with Gasteiger partial charge in [-0.3, -0.25) is 4.79 Å². The largest absolute Gasteiger partial charge is 0.295 e. The van der Waals surface area contributed by atoms with Crippen LogP contribution in [0.25, 0.3) is 6.08 Å². The Morgan fingerprint density at radius 3 is 2.35 bits per heavy atom. The lowest BCUT2D eigenvalue weighted by atomic mass is 10.1. The molecule has 0 fully saturated rings. The molecule has 2 aromatic rings. The monoisotopic (exact) mass is 286 g/mol. The summed E-state index contributed by atoms with van der Waals surface area (Å²) in [5.41, 5.74) is 1.24. The Balaban J connectivity index is 2.30. The predicted molar refractivity (Wildman–Crippen MR) is 79.1 cm³/mol. The van der Waals surface area contributed by atoms with E-state index in [1.165, 1.54) is 13.0 Å². The highest BCUT2D eigenvalue weighted by Gasteiger charge is 2.08. The van der Waals surface area contributed by atoms with Gasteiger partial charge in [0.25, 0.3) is 0 Å². The second kappa shape index (κ2) is 5.84. The summed E-state index contributed by atoms with van der Waals surface area (Å²) in [4.78, 5) is 11.5. The fourth-order valence-electron chi connectivity index (χ4n) is 1.72. The normalized spacial score (nSPS) is 11.7. The van der Waals surface area contributed by atoms with E-state index < -0.39 is 9.84 Å². The molecule has 0 aliphatic heterocycles. The molecule has 0 amide bonds. The zero-order chi connectivity index (χ0) is 14.6. The van der Waals surface area contributed by atoms with Crippen molar-refractivity contribution in [3.05, 3.63) is 71.1 Å². The van der Waals surface area contributed by atoms with Crippen LogP contribution in [0.5, 0.6) is 0 Å². The summed E-state index contributed by atoms with van der Waals surface area (Å²) >= 11 is 0.